The minimum absolute atomic E-state index is 0.321. The number of ether oxygens (including phenoxy) is 1. The van der Waals surface area contributed by atoms with Crippen LogP contribution in [0, 0.1) is 5.92 Å². The Bertz CT molecular complexity index is 270. The van der Waals surface area contributed by atoms with Crippen LogP contribution in [-0.4, -0.2) is 35.5 Å². The summed E-state index contributed by atoms with van der Waals surface area (Å²) in [6.45, 7) is 8.19. The average molecular weight is 227 g/mol. The van der Waals surface area contributed by atoms with Crippen LogP contribution in [0.5, 0.6) is 0 Å². The first-order valence-electron chi connectivity index (χ1n) is 5.78. The van der Waals surface area contributed by atoms with E-state index >= 15 is 0 Å². The fraction of sp³-hybridized carbons (Fsp3) is 0.833. The van der Waals surface area contributed by atoms with Crippen molar-refractivity contribution in [2.45, 2.75) is 52.2 Å². The molecule has 4 heteroatoms. The molecular formula is C12H21NO3. The number of aldehydes is 1. The summed E-state index contributed by atoms with van der Waals surface area (Å²) in [7, 11) is 0. The summed E-state index contributed by atoms with van der Waals surface area (Å²) in [5, 5.41) is 0. The molecule has 2 atom stereocenters. The number of hydrogen-bond acceptors (Lipinski definition) is 3. The number of rotatable bonds is 1. The highest BCUT2D eigenvalue weighted by molar-refractivity contribution is 5.74. The van der Waals surface area contributed by atoms with E-state index in [0.29, 0.717) is 12.5 Å². The molecule has 1 aliphatic heterocycles. The van der Waals surface area contributed by atoms with Crippen LogP contribution in [0.2, 0.25) is 0 Å². The summed E-state index contributed by atoms with van der Waals surface area (Å²) in [6, 6.07) is -0.321. The van der Waals surface area contributed by atoms with Crippen LogP contribution in [0.15, 0.2) is 0 Å². The number of piperidine rings is 1. The van der Waals surface area contributed by atoms with Crippen molar-refractivity contribution in [1.82, 2.24) is 4.90 Å². The minimum atomic E-state index is -0.506. The number of carbonyl (C=O) groups excluding carboxylic acids is 2. The number of likely N-dealkylation sites (tertiary alicyclic amines) is 1. The van der Waals surface area contributed by atoms with Gasteiger partial charge in [0.15, 0.2) is 0 Å². The van der Waals surface area contributed by atoms with Crippen LogP contribution >= 0.6 is 0 Å². The van der Waals surface area contributed by atoms with E-state index in [2.05, 4.69) is 6.92 Å². The Labute approximate surface area is 96.9 Å². The maximum atomic E-state index is 11.8. The molecule has 1 rings (SSSR count). The third kappa shape index (κ3) is 3.51. The average Bonchev–Trinajstić information content (AvgIpc) is 2.14. The van der Waals surface area contributed by atoms with Gasteiger partial charge in [-0.3, -0.25) is 4.90 Å². The van der Waals surface area contributed by atoms with Crippen LogP contribution in [0.1, 0.15) is 40.5 Å². The summed E-state index contributed by atoms with van der Waals surface area (Å²) in [5.74, 6) is 0.494. The second-order valence-corrected chi connectivity index (χ2v) is 5.51. The van der Waals surface area contributed by atoms with Crippen molar-refractivity contribution in [1.29, 1.82) is 0 Å². The number of carbonyl (C=O) groups is 2. The zero-order valence-electron chi connectivity index (χ0n) is 10.5. The minimum Gasteiger partial charge on any atom is -0.444 e. The summed E-state index contributed by atoms with van der Waals surface area (Å²) >= 11 is 0. The van der Waals surface area contributed by atoms with Crippen molar-refractivity contribution in [2.75, 3.05) is 6.54 Å². The van der Waals surface area contributed by atoms with E-state index in [9.17, 15) is 9.59 Å². The van der Waals surface area contributed by atoms with Gasteiger partial charge >= 0.3 is 6.09 Å². The first-order chi connectivity index (χ1) is 7.33. The molecular weight excluding hydrogens is 206 g/mol. The van der Waals surface area contributed by atoms with Gasteiger partial charge in [0.2, 0.25) is 0 Å². The highest BCUT2D eigenvalue weighted by Crippen LogP contribution is 2.23. The summed E-state index contributed by atoms with van der Waals surface area (Å²) in [6.07, 6.45) is 2.14. The van der Waals surface area contributed by atoms with Crippen molar-refractivity contribution >= 4 is 12.4 Å². The van der Waals surface area contributed by atoms with Gasteiger partial charge in [-0.25, -0.2) is 4.79 Å². The van der Waals surface area contributed by atoms with Crippen LogP contribution in [0.4, 0.5) is 4.79 Å². The van der Waals surface area contributed by atoms with Gasteiger partial charge in [-0.2, -0.15) is 0 Å². The van der Waals surface area contributed by atoms with Crippen molar-refractivity contribution in [3.05, 3.63) is 0 Å². The molecule has 16 heavy (non-hydrogen) atoms. The largest absolute Gasteiger partial charge is 0.444 e. The van der Waals surface area contributed by atoms with Crippen LogP contribution < -0.4 is 0 Å². The molecule has 0 radical (unpaired) electrons. The van der Waals surface area contributed by atoms with E-state index < -0.39 is 5.60 Å². The van der Waals surface area contributed by atoms with Gasteiger partial charge in [0.25, 0.3) is 0 Å². The number of amides is 1. The zero-order valence-corrected chi connectivity index (χ0v) is 10.5. The SMILES string of the molecule is C[C@@H]1CCN(C(=O)OC(C)(C)C)[C@@H](C=O)C1. The summed E-state index contributed by atoms with van der Waals surface area (Å²) < 4.78 is 5.27. The third-order valence-corrected chi connectivity index (χ3v) is 2.69. The lowest BCUT2D eigenvalue weighted by Gasteiger charge is -2.36. The van der Waals surface area contributed by atoms with Crippen LogP contribution in [-0.2, 0) is 9.53 Å². The second kappa shape index (κ2) is 4.85. The smallest absolute Gasteiger partial charge is 0.410 e. The molecule has 1 amide bonds. The lowest BCUT2D eigenvalue weighted by Crippen LogP contribution is -2.48. The molecule has 1 saturated heterocycles. The van der Waals surface area contributed by atoms with E-state index in [-0.39, 0.29) is 12.1 Å². The molecule has 1 aliphatic rings. The van der Waals surface area contributed by atoms with Gasteiger partial charge in [0, 0.05) is 6.54 Å². The van der Waals surface area contributed by atoms with Crippen molar-refractivity contribution < 1.29 is 14.3 Å². The third-order valence-electron chi connectivity index (χ3n) is 2.69. The zero-order chi connectivity index (χ0) is 12.3. The van der Waals surface area contributed by atoms with Gasteiger partial charge in [0.05, 0.1) is 6.04 Å². The fourth-order valence-electron chi connectivity index (χ4n) is 1.86. The molecule has 0 N–H and O–H groups in total. The highest BCUT2D eigenvalue weighted by Gasteiger charge is 2.32. The molecule has 0 spiro atoms. The Morgan fingerprint density at radius 3 is 2.56 bits per heavy atom. The van der Waals surface area contributed by atoms with Crippen LogP contribution in [0.3, 0.4) is 0 Å². The van der Waals surface area contributed by atoms with E-state index in [1.807, 2.05) is 20.8 Å². The molecule has 0 aliphatic carbocycles. The Morgan fingerprint density at radius 2 is 2.06 bits per heavy atom. The summed E-state index contributed by atoms with van der Waals surface area (Å²) in [4.78, 5) is 24.3. The molecule has 0 bridgehead atoms. The van der Waals surface area contributed by atoms with Gasteiger partial charge in [-0.05, 0) is 39.5 Å². The van der Waals surface area contributed by atoms with Gasteiger partial charge in [-0.1, -0.05) is 6.92 Å². The fourth-order valence-corrected chi connectivity index (χ4v) is 1.86. The van der Waals surface area contributed by atoms with E-state index in [4.69, 9.17) is 4.74 Å². The van der Waals surface area contributed by atoms with Crippen molar-refractivity contribution in [3.8, 4) is 0 Å². The number of hydrogen-bond donors (Lipinski definition) is 0. The second-order valence-electron chi connectivity index (χ2n) is 5.51. The maximum absolute atomic E-state index is 11.8. The first kappa shape index (κ1) is 13.0. The summed E-state index contributed by atoms with van der Waals surface area (Å²) in [5.41, 5.74) is -0.506. The highest BCUT2D eigenvalue weighted by atomic mass is 16.6. The van der Waals surface area contributed by atoms with E-state index in [1.165, 1.54) is 4.90 Å². The molecule has 4 nitrogen and oxygen atoms in total. The molecule has 0 aromatic carbocycles. The van der Waals surface area contributed by atoms with E-state index in [0.717, 1.165) is 19.1 Å². The molecule has 0 aromatic heterocycles. The van der Waals surface area contributed by atoms with Gasteiger partial charge < -0.3 is 9.53 Å². The monoisotopic (exact) mass is 227 g/mol. The molecule has 0 unspecified atom stereocenters. The molecule has 1 heterocycles. The lowest BCUT2D eigenvalue weighted by molar-refractivity contribution is -0.114. The normalized spacial score (nSPS) is 26.4. The van der Waals surface area contributed by atoms with Gasteiger partial charge in [-0.15, -0.1) is 0 Å². The van der Waals surface area contributed by atoms with Crippen LogP contribution in [0.25, 0.3) is 0 Å². The predicted octanol–water partition coefficient (Wildman–Crippen LogP) is 2.22. The maximum Gasteiger partial charge on any atom is 0.410 e. The van der Waals surface area contributed by atoms with Crippen molar-refractivity contribution in [2.24, 2.45) is 5.92 Å². The van der Waals surface area contributed by atoms with Crippen molar-refractivity contribution in [3.63, 3.8) is 0 Å². The molecule has 0 aromatic rings. The quantitative estimate of drug-likeness (QED) is 0.645. The first-order valence-corrected chi connectivity index (χ1v) is 5.78. The topological polar surface area (TPSA) is 46.6 Å². The number of nitrogens with zero attached hydrogens (tertiary/aromatic N) is 1. The molecule has 92 valence electrons. The Kier molecular flexibility index (Phi) is 3.94. The Balaban J connectivity index is 2.64. The van der Waals surface area contributed by atoms with E-state index in [1.54, 1.807) is 0 Å². The lowest BCUT2D eigenvalue weighted by atomic mass is 9.93. The predicted molar refractivity (Wildman–Crippen MR) is 61.2 cm³/mol. The Morgan fingerprint density at radius 1 is 1.44 bits per heavy atom. The Hall–Kier alpha value is -1.06. The molecule has 1 fully saturated rings. The molecule has 0 saturated carbocycles. The van der Waals surface area contributed by atoms with Gasteiger partial charge in [0.1, 0.15) is 11.9 Å². The standard InChI is InChI=1S/C12H21NO3/c1-9-5-6-13(10(7-9)8-14)11(15)16-12(2,3)4/h8-10H,5-7H2,1-4H3/t9-,10-/m1/s1.